The van der Waals surface area contributed by atoms with Crippen LogP contribution in [0.5, 0.6) is 0 Å². The van der Waals surface area contributed by atoms with Crippen LogP contribution in [0.3, 0.4) is 0 Å². The summed E-state index contributed by atoms with van der Waals surface area (Å²) in [5.74, 6) is -0.120. The van der Waals surface area contributed by atoms with Gasteiger partial charge in [0.15, 0.2) is 0 Å². The third-order valence-corrected chi connectivity index (χ3v) is 4.50. The summed E-state index contributed by atoms with van der Waals surface area (Å²) in [7, 11) is 0. The third kappa shape index (κ3) is 4.49. The topological polar surface area (TPSA) is 98.0 Å². The summed E-state index contributed by atoms with van der Waals surface area (Å²) in [6, 6.07) is 4.46. The zero-order chi connectivity index (χ0) is 17.0. The lowest BCUT2D eigenvalue weighted by Gasteiger charge is -2.04. The molecule has 0 saturated carbocycles. The van der Waals surface area contributed by atoms with Gasteiger partial charge in [0.25, 0.3) is 11.6 Å². The van der Waals surface area contributed by atoms with Crippen LogP contribution in [0.15, 0.2) is 23.1 Å². The number of aromatic nitrogens is 2. The van der Waals surface area contributed by atoms with E-state index in [9.17, 15) is 14.9 Å². The van der Waals surface area contributed by atoms with Gasteiger partial charge in [-0.1, -0.05) is 25.2 Å². The Morgan fingerprint density at radius 1 is 1.43 bits per heavy atom. The Kier molecular flexibility index (Phi) is 5.67. The molecular formula is C14H16N4O3S2. The van der Waals surface area contributed by atoms with Crippen LogP contribution < -0.4 is 5.32 Å². The summed E-state index contributed by atoms with van der Waals surface area (Å²) in [6.07, 6.45) is 2.61. The molecule has 1 N–H and O–H groups in total. The van der Waals surface area contributed by atoms with Crippen molar-refractivity contribution in [3.8, 4) is 0 Å². The second-order valence-corrected chi connectivity index (χ2v) is 7.13. The van der Waals surface area contributed by atoms with Gasteiger partial charge in [0.1, 0.15) is 10.6 Å². The molecule has 0 unspecified atom stereocenters. The summed E-state index contributed by atoms with van der Waals surface area (Å²) < 4.78 is 0. The highest BCUT2D eigenvalue weighted by Crippen LogP contribution is 2.26. The Balaban J connectivity index is 2.23. The minimum Gasteiger partial charge on any atom is -0.296 e. The van der Waals surface area contributed by atoms with E-state index in [1.165, 1.54) is 35.2 Å². The zero-order valence-electron chi connectivity index (χ0n) is 12.9. The molecule has 0 aliphatic carbocycles. The van der Waals surface area contributed by atoms with Crippen LogP contribution in [0.2, 0.25) is 0 Å². The van der Waals surface area contributed by atoms with E-state index in [0.29, 0.717) is 11.0 Å². The summed E-state index contributed by atoms with van der Waals surface area (Å²) in [5, 5.41) is 22.8. The Hall–Kier alpha value is -2.00. The lowest BCUT2D eigenvalue weighted by molar-refractivity contribution is -0.385. The number of nitrogens with zero attached hydrogens (tertiary/aromatic N) is 3. The number of amides is 1. The summed E-state index contributed by atoms with van der Waals surface area (Å²) in [4.78, 5) is 23.7. The molecule has 0 spiro atoms. The highest BCUT2D eigenvalue weighted by Gasteiger charge is 2.22. The number of rotatable bonds is 6. The van der Waals surface area contributed by atoms with Crippen LogP contribution in [0.25, 0.3) is 0 Å². The van der Waals surface area contributed by atoms with Crippen LogP contribution in [0, 0.1) is 16.0 Å². The van der Waals surface area contributed by atoms with E-state index in [1.807, 2.05) is 6.26 Å². The Bertz CT molecular complexity index is 731. The van der Waals surface area contributed by atoms with Crippen LogP contribution in [0.4, 0.5) is 10.8 Å². The molecule has 0 aliphatic heterocycles. The molecule has 0 radical (unpaired) electrons. The van der Waals surface area contributed by atoms with Crippen molar-refractivity contribution in [2.45, 2.75) is 25.2 Å². The lowest BCUT2D eigenvalue weighted by atomic mass is 10.1. The molecule has 0 aliphatic rings. The second-order valence-electron chi connectivity index (χ2n) is 5.19. The van der Waals surface area contributed by atoms with Gasteiger partial charge in [-0.05, 0) is 24.3 Å². The Morgan fingerprint density at radius 3 is 2.78 bits per heavy atom. The van der Waals surface area contributed by atoms with E-state index < -0.39 is 10.8 Å². The number of carbonyl (C=O) groups excluding carboxylic acids is 1. The maximum atomic E-state index is 12.4. The van der Waals surface area contributed by atoms with Crippen molar-refractivity contribution in [1.29, 1.82) is 0 Å². The largest absolute Gasteiger partial charge is 0.296 e. The van der Waals surface area contributed by atoms with Gasteiger partial charge in [-0.15, -0.1) is 22.0 Å². The number of nitro groups is 1. The molecule has 0 atom stereocenters. The molecule has 7 nitrogen and oxygen atoms in total. The fourth-order valence-electron chi connectivity index (χ4n) is 1.88. The predicted octanol–water partition coefficient (Wildman–Crippen LogP) is 3.62. The van der Waals surface area contributed by atoms with E-state index in [0.717, 1.165) is 16.3 Å². The number of hydrogen-bond donors (Lipinski definition) is 1. The highest BCUT2D eigenvalue weighted by atomic mass is 32.2. The lowest BCUT2D eigenvalue weighted by Crippen LogP contribution is -2.14. The quantitative estimate of drug-likeness (QED) is 0.484. The molecule has 0 saturated heterocycles. The van der Waals surface area contributed by atoms with E-state index >= 15 is 0 Å². The predicted molar refractivity (Wildman–Crippen MR) is 91.3 cm³/mol. The summed E-state index contributed by atoms with van der Waals surface area (Å²) in [6.45, 7) is 4.13. The Labute approximate surface area is 141 Å². The molecule has 23 heavy (non-hydrogen) atoms. The number of carbonyl (C=O) groups is 1. The standard InChI is InChI=1S/C14H16N4O3S2/c1-8(2)6-12-16-17-14(23-12)15-13(19)10-7-9(22-3)4-5-11(10)18(20)21/h4-5,7-8H,6H2,1-3H3,(H,15,17,19). The smallest absolute Gasteiger partial charge is 0.282 e. The maximum absolute atomic E-state index is 12.4. The molecule has 122 valence electrons. The number of anilines is 1. The molecule has 1 heterocycles. The molecule has 1 aromatic carbocycles. The molecule has 1 aromatic heterocycles. The second kappa shape index (κ2) is 7.51. The maximum Gasteiger partial charge on any atom is 0.282 e. The molecule has 0 bridgehead atoms. The summed E-state index contributed by atoms with van der Waals surface area (Å²) in [5.41, 5.74) is -0.213. The number of benzene rings is 1. The number of hydrogen-bond acceptors (Lipinski definition) is 7. The molecule has 9 heteroatoms. The van der Waals surface area contributed by atoms with Gasteiger partial charge in [-0.25, -0.2) is 0 Å². The normalized spacial score (nSPS) is 10.8. The first-order valence-corrected chi connectivity index (χ1v) is 8.91. The molecule has 2 rings (SSSR count). The van der Waals surface area contributed by atoms with Crippen molar-refractivity contribution in [2.24, 2.45) is 5.92 Å². The van der Waals surface area contributed by atoms with Crippen molar-refractivity contribution in [3.63, 3.8) is 0 Å². The highest BCUT2D eigenvalue weighted by molar-refractivity contribution is 7.98. The van der Waals surface area contributed by atoms with Crippen LogP contribution in [0.1, 0.15) is 29.2 Å². The van der Waals surface area contributed by atoms with E-state index in [-0.39, 0.29) is 11.3 Å². The SMILES string of the molecule is CSc1ccc([N+](=O)[O-])c(C(=O)Nc2nnc(CC(C)C)s2)c1. The van der Waals surface area contributed by atoms with Gasteiger partial charge < -0.3 is 0 Å². The average Bonchev–Trinajstić information content (AvgIpc) is 2.92. The van der Waals surface area contributed by atoms with Gasteiger partial charge in [-0.2, -0.15) is 0 Å². The van der Waals surface area contributed by atoms with Crippen molar-refractivity contribution in [1.82, 2.24) is 10.2 Å². The fourth-order valence-corrected chi connectivity index (χ4v) is 3.27. The average molecular weight is 352 g/mol. The minimum atomic E-state index is -0.566. The van der Waals surface area contributed by atoms with Crippen LogP contribution in [-0.2, 0) is 6.42 Å². The van der Waals surface area contributed by atoms with Crippen molar-refractivity contribution < 1.29 is 9.72 Å². The van der Waals surface area contributed by atoms with Crippen LogP contribution >= 0.6 is 23.1 Å². The van der Waals surface area contributed by atoms with Gasteiger partial charge >= 0.3 is 0 Å². The van der Waals surface area contributed by atoms with Crippen molar-refractivity contribution >= 4 is 39.8 Å². The monoisotopic (exact) mass is 352 g/mol. The number of thioether (sulfide) groups is 1. The summed E-state index contributed by atoms with van der Waals surface area (Å²) >= 11 is 2.69. The van der Waals surface area contributed by atoms with Gasteiger partial charge in [-0.3, -0.25) is 20.2 Å². The van der Waals surface area contributed by atoms with Crippen LogP contribution in [-0.4, -0.2) is 27.3 Å². The molecule has 1 amide bonds. The third-order valence-electron chi connectivity index (χ3n) is 2.92. The molecule has 2 aromatic rings. The van der Waals surface area contributed by atoms with E-state index in [2.05, 4.69) is 29.4 Å². The van der Waals surface area contributed by atoms with Gasteiger partial charge in [0.05, 0.1) is 4.92 Å². The minimum absolute atomic E-state index is 0.0162. The number of nitrogens with one attached hydrogen (secondary N) is 1. The fraction of sp³-hybridized carbons (Fsp3) is 0.357. The van der Waals surface area contributed by atoms with Crippen molar-refractivity contribution in [2.75, 3.05) is 11.6 Å². The molecule has 0 fully saturated rings. The van der Waals surface area contributed by atoms with Gasteiger partial charge in [0, 0.05) is 17.4 Å². The van der Waals surface area contributed by atoms with Gasteiger partial charge in [0.2, 0.25) is 5.13 Å². The number of nitro benzene ring substituents is 1. The van der Waals surface area contributed by atoms with E-state index in [1.54, 1.807) is 6.07 Å². The zero-order valence-corrected chi connectivity index (χ0v) is 14.5. The van der Waals surface area contributed by atoms with E-state index in [4.69, 9.17) is 0 Å². The molecular weight excluding hydrogens is 336 g/mol. The van der Waals surface area contributed by atoms with Crippen molar-refractivity contribution in [3.05, 3.63) is 38.9 Å². The Morgan fingerprint density at radius 2 is 2.17 bits per heavy atom. The first-order valence-electron chi connectivity index (χ1n) is 6.87. The first kappa shape index (κ1) is 17.4. The first-order chi connectivity index (χ1) is 10.9.